The monoisotopic (exact) mass is 481 g/mol. The van der Waals surface area contributed by atoms with Gasteiger partial charge in [-0.25, -0.2) is 9.59 Å². The Morgan fingerprint density at radius 1 is 1.00 bits per heavy atom. The predicted molar refractivity (Wildman–Crippen MR) is 134 cm³/mol. The lowest BCUT2D eigenvalue weighted by atomic mass is 9.98. The molecule has 2 atom stereocenters. The molecule has 0 saturated heterocycles. The van der Waals surface area contributed by atoms with E-state index in [1.165, 1.54) is 11.1 Å². The minimum atomic E-state index is -1.04. The molecule has 8 nitrogen and oxygen atoms in total. The van der Waals surface area contributed by atoms with E-state index in [9.17, 15) is 19.5 Å². The number of nitrogens with one attached hydrogen (secondary N) is 2. The molecule has 8 heteroatoms. The maximum atomic E-state index is 12.3. The maximum Gasteiger partial charge on any atom is 0.407 e. The number of rotatable bonds is 12. The lowest BCUT2D eigenvalue weighted by Gasteiger charge is -2.18. The molecule has 0 radical (unpaired) electrons. The standard InChI is InChI=1S/C27H35N3O5/c1-18(12-13-25(31)29-24(26(32)33)14-15-30(2)3)16-28-27(34)35-17-23-21-10-6-4-8-19(21)20-9-5-7-11-22(20)23/h4-11,18,23-24H,12-17H2,1-3H3,(H,28,34)(H,29,31)(H,32,33). The van der Waals surface area contributed by atoms with Crippen LogP contribution < -0.4 is 10.6 Å². The molecule has 3 N–H and O–H groups in total. The minimum Gasteiger partial charge on any atom is -0.480 e. The van der Waals surface area contributed by atoms with Crippen molar-refractivity contribution in [1.82, 2.24) is 15.5 Å². The van der Waals surface area contributed by atoms with Gasteiger partial charge in [0.1, 0.15) is 12.6 Å². The molecule has 0 aromatic heterocycles. The van der Waals surface area contributed by atoms with Gasteiger partial charge in [0.15, 0.2) is 0 Å². The first kappa shape index (κ1) is 26.2. The predicted octanol–water partition coefficient (Wildman–Crippen LogP) is 3.46. The van der Waals surface area contributed by atoms with E-state index >= 15 is 0 Å². The van der Waals surface area contributed by atoms with Gasteiger partial charge in [-0.2, -0.15) is 0 Å². The van der Waals surface area contributed by atoms with Crippen LogP contribution in [-0.2, 0) is 14.3 Å². The topological polar surface area (TPSA) is 108 Å². The number of hydrogen-bond donors (Lipinski definition) is 3. The number of carbonyl (C=O) groups is 3. The van der Waals surface area contributed by atoms with Crippen molar-refractivity contribution in [3.63, 3.8) is 0 Å². The summed E-state index contributed by atoms with van der Waals surface area (Å²) >= 11 is 0. The molecule has 0 bridgehead atoms. The number of fused-ring (bicyclic) bond motifs is 3. The van der Waals surface area contributed by atoms with Gasteiger partial charge < -0.3 is 25.4 Å². The van der Waals surface area contributed by atoms with Gasteiger partial charge in [0.25, 0.3) is 0 Å². The maximum absolute atomic E-state index is 12.3. The van der Waals surface area contributed by atoms with Crippen molar-refractivity contribution < 1.29 is 24.2 Å². The number of amides is 2. The summed E-state index contributed by atoms with van der Waals surface area (Å²) in [5, 5.41) is 14.7. The average molecular weight is 482 g/mol. The Balaban J connectivity index is 1.40. The Bertz CT molecular complexity index is 993. The zero-order chi connectivity index (χ0) is 25.4. The van der Waals surface area contributed by atoms with Crippen molar-refractivity contribution in [3.05, 3.63) is 59.7 Å². The van der Waals surface area contributed by atoms with E-state index in [4.69, 9.17) is 4.74 Å². The van der Waals surface area contributed by atoms with Crippen molar-refractivity contribution in [2.45, 2.75) is 38.1 Å². The molecule has 2 aromatic carbocycles. The molecule has 2 unspecified atom stereocenters. The number of carboxylic acids is 1. The summed E-state index contributed by atoms with van der Waals surface area (Å²) in [4.78, 5) is 37.8. The second-order valence-corrected chi connectivity index (χ2v) is 9.40. The Labute approximate surface area is 206 Å². The van der Waals surface area contributed by atoms with Gasteiger partial charge in [-0.1, -0.05) is 55.5 Å². The number of aliphatic carboxylic acids is 1. The van der Waals surface area contributed by atoms with Crippen molar-refractivity contribution in [2.24, 2.45) is 5.92 Å². The molecule has 3 rings (SSSR count). The van der Waals surface area contributed by atoms with E-state index in [-0.39, 0.29) is 30.8 Å². The molecule has 0 heterocycles. The zero-order valence-corrected chi connectivity index (χ0v) is 20.6. The normalized spacial score (nSPS) is 14.1. The van der Waals surface area contributed by atoms with E-state index in [2.05, 4.69) is 34.9 Å². The summed E-state index contributed by atoms with van der Waals surface area (Å²) in [6, 6.07) is 15.4. The third kappa shape index (κ3) is 7.29. The summed E-state index contributed by atoms with van der Waals surface area (Å²) in [5.74, 6) is -1.30. The lowest BCUT2D eigenvalue weighted by Crippen LogP contribution is -2.42. The number of ether oxygens (including phenoxy) is 1. The zero-order valence-electron chi connectivity index (χ0n) is 20.6. The first-order valence-corrected chi connectivity index (χ1v) is 12.0. The fraction of sp³-hybridized carbons (Fsp3) is 0.444. The molecule has 1 aliphatic carbocycles. The van der Waals surface area contributed by atoms with Crippen LogP contribution in [0.25, 0.3) is 11.1 Å². The van der Waals surface area contributed by atoms with E-state index in [1.54, 1.807) is 0 Å². The second kappa shape index (κ2) is 12.4. The first-order chi connectivity index (χ1) is 16.8. The molecule has 0 spiro atoms. The average Bonchev–Trinajstić information content (AvgIpc) is 3.16. The minimum absolute atomic E-state index is 0.00365. The first-order valence-electron chi connectivity index (χ1n) is 12.0. The van der Waals surface area contributed by atoms with Crippen molar-refractivity contribution in [2.75, 3.05) is 33.8 Å². The molecule has 188 valence electrons. The van der Waals surface area contributed by atoms with Crippen LogP contribution in [0.4, 0.5) is 4.79 Å². The highest BCUT2D eigenvalue weighted by Crippen LogP contribution is 2.44. The van der Waals surface area contributed by atoms with Crippen molar-refractivity contribution >= 4 is 18.0 Å². The third-order valence-electron chi connectivity index (χ3n) is 6.30. The summed E-state index contributed by atoms with van der Waals surface area (Å²) < 4.78 is 5.54. The van der Waals surface area contributed by atoms with E-state index in [0.717, 1.165) is 11.1 Å². The van der Waals surface area contributed by atoms with Crippen LogP contribution in [0.2, 0.25) is 0 Å². The highest BCUT2D eigenvalue weighted by Gasteiger charge is 2.29. The Morgan fingerprint density at radius 3 is 2.17 bits per heavy atom. The third-order valence-corrected chi connectivity index (χ3v) is 6.30. The van der Waals surface area contributed by atoms with Gasteiger partial charge in [-0.15, -0.1) is 0 Å². The molecular weight excluding hydrogens is 446 g/mol. The molecule has 0 saturated carbocycles. The quantitative estimate of drug-likeness (QED) is 0.429. The Morgan fingerprint density at radius 2 is 1.60 bits per heavy atom. The SMILES string of the molecule is CC(CCC(=O)NC(CCN(C)C)C(=O)O)CNC(=O)OCC1c2ccccc2-c2ccccc21. The fourth-order valence-corrected chi connectivity index (χ4v) is 4.30. The van der Waals surface area contributed by atoms with Crippen molar-refractivity contribution in [3.8, 4) is 11.1 Å². The van der Waals surface area contributed by atoms with Gasteiger partial charge in [0.2, 0.25) is 5.91 Å². The number of hydrogen-bond acceptors (Lipinski definition) is 5. The summed E-state index contributed by atoms with van der Waals surface area (Å²) in [6.07, 6.45) is 0.569. The van der Waals surface area contributed by atoms with Crippen LogP contribution >= 0.6 is 0 Å². The van der Waals surface area contributed by atoms with Crippen LogP contribution in [0, 0.1) is 5.92 Å². The number of carbonyl (C=O) groups excluding carboxylic acids is 2. The van der Waals surface area contributed by atoms with Gasteiger partial charge in [-0.05, 0) is 55.1 Å². The lowest BCUT2D eigenvalue weighted by molar-refractivity contribution is -0.142. The largest absolute Gasteiger partial charge is 0.480 e. The number of benzene rings is 2. The van der Waals surface area contributed by atoms with Crippen LogP contribution in [0.5, 0.6) is 0 Å². The van der Waals surface area contributed by atoms with E-state index < -0.39 is 18.1 Å². The Hall–Kier alpha value is -3.39. The number of carboxylic acid groups (broad SMARTS) is 1. The molecule has 0 aliphatic heterocycles. The van der Waals surface area contributed by atoms with Crippen molar-refractivity contribution in [1.29, 1.82) is 0 Å². The molecule has 2 aromatic rings. The van der Waals surface area contributed by atoms with E-state index in [0.29, 0.717) is 25.9 Å². The van der Waals surface area contributed by atoms with Gasteiger partial charge in [-0.3, -0.25) is 4.79 Å². The van der Waals surface area contributed by atoms with Crippen LogP contribution in [0.3, 0.4) is 0 Å². The van der Waals surface area contributed by atoms with Gasteiger partial charge in [0, 0.05) is 25.4 Å². The molecule has 2 amide bonds. The molecule has 35 heavy (non-hydrogen) atoms. The highest BCUT2D eigenvalue weighted by molar-refractivity contribution is 5.83. The number of alkyl carbamates (subject to hydrolysis) is 1. The fourth-order valence-electron chi connectivity index (χ4n) is 4.30. The summed E-state index contributed by atoms with van der Waals surface area (Å²) in [7, 11) is 3.71. The molecule has 0 fully saturated rings. The molecule has 1 aliphatic rings. The smallest absolute Gasteiger partial charge is 0.407 e. The van der Waals surface area contributed by atoms with Crippen LogP contribution in [-0.4, -0.2) is 67.8 Å². The second-order valence-electron chi connectivity index (χ2n) is 9.40. The van der Waals surface area contributed by atoms with E-state index in [1.807, 2.05) is 50.2 Å². The van der Waals surface area contributed by atoms with Crippen LogP contribution in [0.1, 0.15) is 43.2 Å². The number of nitrogens with zero attached hydrogens (tertiary/aromatic N) is 1. The summed E-state index contributed by atoms with van der Waals surface area (Å²) in [5.41, 5.74) is 4.67. The molecular formula is C27H35N3O5. The Kier molecular flexibility index (Phi) is 9.25. The highest BCUT2D eigenvalue weighted by atomic mass is 16.5. The summed E-state index contributed by atoms with van der Waals surface area (Å²) in [6.45, 7) is 3.11. The van der Waals surface area contributed by atoms with Gasteiger partial charge in [0.05, 0.1) is 0 Å². The van der Waals surface area contributed by atoms with Crippen LogP contribution in [0.15, 0.2) is 48.5 Å². The van der Waals surface area contributed by atoms with Gasteiger partial charge >= 0.3 is 12.1 Å².